The molecule has 0 saturated carbocycles. The van der Waals surface area contributed by atoms with Crippen molar-refractivity contribution in [3.8, 4) is 0 Å². The highest BCUT2D eigenvalue weighted by molar-refractivity contribution is 7.09. The number of thiazole rings is 1. The molecular weight excluding hydrogens is 263 g/mol. The highest BCUT2D eigenvalue weighted by Gasteiger charge is 2.01. The quantitative estimate of drug-likeness (QED) is 0.917. The second-order valence-corrected chi connectivity index (χ2v) is 5.09. The van der Waals surface area contributed by atoms with Gasteiger partial charge in [0.25, 0.3) is 0 Å². The number of nitrogens with one attached hydrogen (secondary N) is 1. The number of hydrogen-bond acceptors (Lipinski definition) is 3. The minimum Gasteiger partial charge on any atom is -0.306 e. The third kappa shape index (κ3) is 3.19. The summed E-state index contributed by atoms with van der Waals surface area (Å²) >= 11 is 13.6. The highest BCUT2D eigenvalue weighted by atomic mass is 35.5. The van der Waals surface area contributed by atoms with E-state index in [9.17, 15) is 0 Å². The molecule has 0 fully saturated rings. The molecule has 0 spiro atoms. The molecule has 0 aliphatic heterocycles. The van der Waals surface area contributed by atoms with Crippen molar-refractivity contribution in [3.63, 3.8) is 0 Å². The van der Waals surface area contributed by atoms with Crippen LogP contribution in [0.4, 0.5) is 0 Å². The predicted octanol–water partition coefficient (Wildman–Crippen LogP) is 3.74. The van der Waals surface area contributed by atoms with Gasteiger partial charge < -0.3 is 5.32 Å². The lowest BCUT2D eigenvalue weighted by Gasteiger charge is -2.05. The smallest absolute Gasteiger partial charge is 0.106 e. The maximum absolute atomic E-state index is 6.05. The number of rotatable bonds is 4. The Morgan fingerprint density at radius 2 is 2.12 bits per heavy atom. The van der Waals surface area contributed by atoms with Crippen LogP contribution < -0.4 is 5.32 Å². The second-order valence-electron chi connectivity index (χ2n) is 3.27. The monoisotopic (exact) mass is 272 g/mol. The van der Waals surface area contributed by atoms with Gasteiger partial charge in [-0.15, -0.1) is 11.3 Å². The molecule has 1 heterocycles. The summed E-state index contributed by atoms with van der Waals surface area (Å²) in [4.78, 5) is 4.18. The fourth-order valence-electron chi connectivity index (χ4n) is 1.32. The first-order valence-corrected chi connectivity index (χ1v) is 6.42. The van der Waals surface area contributed by atoms with E-state index in [2.05, 4.69) is 10.3 Å². The summed E-state index contributed by atoms with van der Waals surface area (Å²) in [6.07, 6.45) is 1.80. The summed E-state index contributed by atoms with van der Waals surface area (Å²) in [6, 6.07) is 5.47. The van der Waals surface area contributed by atoms with Crippen LogP contribution in [0.5, 0.6) is 0 Å². The van der Waals surface area contributed by atoms with E-state index in [1.54, 1.807) is 23.6 Å². The molecule has 2 rings (SSSR count). The Balaban J connectivity index is 1.92. The van der Waals surface area contributed by atoms with Crippen LogP contribution in [0.25, 0.3) is 0 Å². The van der Waals surface area contributed by atoms with Crippen LogP contribution in [0, 0.1) is 0 Å². The minimum absolute atomic E-state index is 0.693. The summed E-state index contributed by atoms with van der Waals surface area (Å²) in [5.41, 5.74) is 1.01. The van der Waals surface area contributed by atoms with Crippen molar-refractivity contribution >= 4 is 34.5 Å². The Hall–Kier alpha value is -0.610. The molecule has 1 aromatic heterocycles. The summed E-state index contributed by atoms with van der Waals surface area (Å²) in [5, 5.41) is 7.74. The van der Waals surface area contributed by atoms with Crippen molar-refractivity contribution in [1.29, 1.82) is 0 Å². The van der Waals surface area contributed by atoms with E-state index in [1.165, 1.54) is 0 Å². The van der Waals surface area contributed by atoms with Gasteiger partial charge in [-0.3, -0.25) is 0 Å². The van der Waals surface area contributed by atoms with Gasteiger partial charge in [0.1, 0.15) is 5.01 Å². The lowest BCUT2D eigenvalue weighted by Crippen LogP contribution is -2.12. The molecule has 0 aliphatic carbocycles. The molecule has 0 amide bonds. The van der Waals surface area contributed by atoms with Crippen molar-refractivity contribution in [2.75, 3.05) is 0 Å². The van der Waals surface area contributed by atoms with E-state index >= 15 is 0 Å². The molecule has 0 atom stereocenters. The minimum atomic E-state index is 0.693. The zero-order valence-electron chi connectivity index (χ0n) is 8.41. The van der Waals surface area contributed by atoms with Crippen LogP contribution in [0.1, 0.15) is 10.6 Å². The fourth-order valence-corrected chi connectivity index (χ4v) is 2.29. The Labute approximate surface area is 108 Å². The summed E-state index contributed by atoms with van der Waals surface area (Å²) < 4.78 is 0. The van der Waals surface area contributed by atoms with Crippen LogP contribution in [-0.4, -0.2) is 4.98 Å². The van der Waals surface area contributed by atoms with Crippen molar-refractivity contribution in [2.45, 2.75) is 13.1 Å². The van der Waals surface area contributed by atoms with E-state index in [-0.39, 0.29) is 0 Å². The molecule has 2 nitrogen and oxygen atoms in total. The number of nitrogens with zero attached hydrogens (tertiary/aromatic N) is 1. The van der Waals surface area contributed by atoms with Crippen molar-refractivity contribution in [2.24, 2.45) is 0 Å². The molecule has 0 bridgehead atoms. The van der Waals surface area contributed by atoms with Crippen LogP contribution in [0.2, 0.25) is 10.0 Å². The zero-order valence-corrected chi connectivity index (χ0v) is 10.7. The van der Waals surface area contributed by atoms with Gasteiger partial charge in [0.05, 0.1) is 0 Å². The molecule has 5 heteroatoms. The third-order valence-corrected chi connectivity index (χ3v) is 3.47. The maximum atomic E-state index is 6.05. The lowest BCUT2D eigenvalue weighted by atomic mass is 10.2. The Morgan fingerprint density at radius 1 is 1.25 bits per heavy atom. The first kappa shape index (κ1) is 11.9. The topological polar surface area (TPSA) is 24.9 Å². The van der Waals surface area contributed by atoms with Crippen LogP contribution in [-0.2, 0) is 13.1 Å². The van der Waals surface area contributed by atoms with Gasteiger partial charge in [0.15, 0.2) is 0 Å². The SMILES string of the molecule is Clc1ccc(Cl)c(CNCc2nccs2)c1. The van der Waals surface area contributed by atoms with Crippen molar-refractivity contribution in [1.82, 2.24) is 10.3 Å². The molecule has 0 radical (unpaired) electrons. The van der Waals surface area contributed by atoms with Gasteiger partial charge in [0, 0.05) is 34.7 Å². The number of benzene rings is 1. The zero-order chi connectivity index (χ0) is 11.4. The Bertz CT molecular complexity index is 457. The van der Waals surface area contributed by atoms with Crippen molar-refractivity contribution < 1.29 is 0 Å². The average molecular weight is 273 g/mol. The number of hydrogen-bond donors (Lipinski definition) is 1. The normalized spacial score (nSPS) is 10.6. The molecular formula is C11H10Cl2N2S. The maximum Gasteiger partial charge on any atom is 0.106 e. The molecule has 0 aliphatic rings. The third-order valence-electron chi connectivity index (χ3n) is 2.08. The van der Waals surface area contributed by atoms with Crippen molar-refractivity contribution in [3.05, 3.63) is 50.4 Å². The largest absolute Gasteiger partial charge is 0.306 e. The van der Waals surface area contributed by atoms with E-state index in [1.807, 2.05) is 17.5 Å². The van der Waals surface area contributed by atoms with Gasteiger partial charge in [0.2, 0.25) is 0 Å². The van der Waals surface area contributed by atoms with E-state index in [0.717, 1.165) is 22.1 Å². The van der Waals surface area contributed by atoms with E-state index in [0.29, 0.717) is 11.6 Å². The summed E-state index contributed by atoms with van der Waals surface area (Å²) in [6.45, 7) is 1.44. The van der Waals surface area contributed by atoms with Crippen LogP contribution >= 0.6 is 34.5 Å². The van der Waals surface area contributed by atoms with E-state index in [4.69, 9.17) is 23.2 Å². The summed E-state index contributed by atoms with van der Waals surface area (Å²) in [7, 11) is 0. The van der Waals surface area contributed by atoms with Crippen LogP contribution in [0.15, 0.2) is 29.8 Å². The molecule has 0 saturated heterocycles. The molecule has 1 aromatic carbocycles. The van der Waals surface area contributed by atoms with Gasteiger partial charge in [-0.1, -0.05) is 23.2 Å². The predicted molar refractivity (Wildman–Crippen MR) is 69.1 cm³/mol. The van der Waals surface area contributed by atoms with Gasteiger partial charge in [-0.05, 0) is 23.8 Å². The fraction of sp³-hybridized carbons (Fsp3) is 0.182. The standard InChI is InChI=1S/C11H10Cl2N2S/c12-9-1-2-10(13)8(5-9)6-14-7-11-15-3-4-16-11/h1-5,14H,6-7H2. The second kappa shape index (κ2) is 5.64. The number of halogens is 2. The summed E-state index contributed by atoms with van der Waals surface area (Å²) in [5.74, 6) is 0. The van der Waals surface area contributed by atoms with E-state index < -0.39 is 0 Å². The molecule has 1 N–H and O–H groups in total. The van der Waals surface area contributed by atoms with Gasteiger partial charge in [-0.2, -0.15) is 0 Å². The van der Waals surface area contributed by atoms with Gasteiger partial charge in [-0.25, -0.2) is 4.98 Å². The first-order chi connectivity index (χ1) is 7.75. The Morgan fingerprint density at radius 3 is 2.88 bits per heavy atom. The molecule has 16 heavy (non-hydrogen) atoms. The lowest BCUT2D eigenvalue weighted by molar-refractivity contribution is 0.690. The first-order valence-electron chi connectivity index (χ1n) is 4.79. The molecule has 2 aromatic rings. The van der Waals surface area contributed by atoms with Crippen LogP contribution in [0.3, 0.4) is 0 Å². The Kier molecular flexibility index (Phi) is 4.18. The average Bonchev–Trinajstić information content (AvgIpc) is 2.76. The molecule has 84 valence electrons. The number of aromatic nitrogens is 1. The molecule has 0 unspecified atom stereocenters. The highest BCUT2D eigenvalue weighted by Crippen LogP contribution is 2.20. The van der Waals surface area contributed by atoms with Gasteiger partial charge >= 0.3 is 0 Å².